The molecule has 0 aliphatic rings. The first-order valence-electron chi connectivity index (χ1n) is 9.25. The maximum atomic E-state index is 13.0. The van der Waals surface area contributed by atoms with E-state index in [2.05, 4.69) is 23.5 Å². The zero-order valence-corrected chi connectivity index (χ0v) is 16.4. The molecular formula is C23H25FN2O2. The Morgan fingerprint density at radius 1 is 1.04 bits per heavy atom. The van der Waals surface area contributed by atoms with Crippen molar-refractivity contribution in [3.05, 3.63) is 77.6 Å². The standard InChI is InChI=1S/C23H25FN2O2/c1-16(23(27)25-14-17-5-9-21(24)10-6-17)26(2)15-18-4-7-20-13-22(28-3)11-8-19(20)12-18/h4-13,16H,14-15H2,1-3H3,(H,25,27)/t16-/m0/s1. The number of halogens is 1. The van der Waals surface area contributed by atoms with Crippen molar-refractivity contribution in [2.24, 2.45) is 0 Å². The molecule has 28 heavy (non-hydrogen) atoms. The molecule has 0 aromatic heterocycles. The minimum atomic E-state index is -0.285. The van der Waals surface area contributed by atoms with E-state index in [0.29, 0.717) is 13.1 Å². The fourth-order valence-electron chi connectivity index (χ4n) is 3.06. The first-order valence-corrected chi connectivity index (χ1v) is 9.25. The molecule has 0 fully saturated rings. The van der Waals surface area contributed by atoms with Gasteiger partial charge in [0, 0.05) is 13.1 Å². The van der Waals surface area contributed by atoms with Crippen molar-refractivity contribution in [2.75, 3.05) is 14.2 Å². The van der Waals surface area contributed by atoms with Crippen LogP contribution in [0.1, 0.15) is 18.1 Å². The molecule has 0 unspecified atom stereocenters. The van der Waals surface area contributed by atoms with E-state index >= 15 is 0 Å². The van der Waals surface area contributed by atoms with Gasteiger partial charge in [-0.3, -0.25) is 9.69 Å². The molecule has 0 aliphatic carbocycles. The van der Waals surface area contributed by atoms with E-state index in [4.69, 9.17) is 4.74 Å². The van der Waals surface area contributed by atoms with Crippen molar-refractivity contribution in [2.45, 2.75) is 26.1 Å². The SMILES string of the molecule is COc1ccc2cc(CN(C)[C@@H](C)C(=O)NCc3ccc(F)cc3)ccc2c1. The lowest BCUT2D eigenvalue weighted by Crippen LogP contribution is -2.42. The van der Waals surface area contributed by atoms with Crippen LogP contribution in [0.25, 0.3) is 10.8 Å². The summed E-state index contributed by atoms with van der Waals surface area (Å²) >= 11 is 0. The largest absolute Gasteiger partial charge is 0.497 e. The van der Waals surface area contributed by atoms with E-state index in [1.807, 2.05) is 37.1 Å². The molecule has 1 N–H and O–H groups in total. The maximum absolute atomic E-state index is 13.0. The van der Waals surface area contributed by atoms with E-state index in [1.165, 1.54) is 12.1 Å². The quantitative estimate of drug-likeness (QED) is 0.670. The molecule has 0 heterocycles. The second kappa shape index (κ2) is 8.85. The summed E-state index contributed by atoms with van der Waals surface area (Å²) in [6, 6.07) is 18.1. The first kappa shape index (κ1) is 19.8. The highest BCUT2D eigenvalue weighted by Gasteiger charge is 2.18. The van der Waals surface area contributed by atoms with Crippen LogP contribution >= 0.6 is 0 Å². The van der Waals surface area contributed by atoms with Gasteiger partial charge >= 0.3 is 0 Å². The van der Waals surface area contributed by atoms with Crippen molar-refractivity contribution in [3.63, 3.8) is 0 Å². The van der Waals surface area contributed by atoms with Crippen LogP contribution in [0, 0.1) is 5.82 Å². The van der Waals surface area contributed by atoms with Gasteiger partial charge in [-0.1, -0.05) is 30.3 Å². The van der Waals surface area contributed by atoms with Crippen LogP contribution in [-0.4, -0.2) is 31.0 Å². The lowest BCUT2D eigenvalue weighted by atomic mass is 10.1. The Labute approximate surface area is 164 Å². The van der Waals surface area contributed by atoms with Gasteiger partial charge in [0.15, 0.2) is 0 Å². The Hall–Kier alpha value is -2.92. The summed E-state index contributed by atoms with van der Waals surface area (Å²) in [6.07, 6.45) is 0. The monoisotopic (exact) mass is 380 g/mol. The number of fused-ring (bicyclic) bond motifs is 1. The van der Waals surface area contributed by atoms with Crippen LogP contribution in [0.4, 0.5) is 4.39 Å². The van der Waals surface area contributed by atoms with Gasteiger partial charge in [-0.05, 0) is 66.2 Å². The summed E-state index contributed by atoms with van der Waals surface area (Å²) in [7, 11) is 3.59. The van der Waals surface area contributed by atoms with E-state index in [-0.39, 0.29) is 17.8 Å². The Bertz CT molecular complexity index is 956. The summed E-state index contributed by atoms with van der Waals surface area (Å²) in [4.78, 5) is 14.5. The van der Waals surface area contributed by atoms with Gasteiger partial charge in [-0.2, -0.15) is 0 Å². The Balaban J connectivity index is 1.59. The first-order chi connectivity index (χ1) is 13.5. The summed E-state index contributed by atoms with van der Waals surface area (Å²) in [5.41, 5.74) is 2.01. The number of likely N-dealkylation sites (N-methyl/N-ethyl adjacent to an activating group) is 1. The molecular weight excluding hydrogens is 355 g/mol. The maximum Gasteiger partial charge on any atom is 0.237 e. The Morgan fingerprint density at radius 3 is 2.39 bits per heavy atom. The molecule has 0 aliphatic heterocycles. The molecule has 146 valence electrons. The smallest absolute Gasteiger partial charge is 0.237 e. The number of carbonyl (C=O) groups is 1. The van der Waals surface area contributed by atoms with Gasteiger partial charge in [-0.25, -0.2) is 4.39 Å². The highest BCUT2D eigenvalue weighted by molar-refractivity contribution is 5.84. The average molecular weight is 380 g/mol. The van der Waals surface area contributed by atoms with Crippen molar-refractivity contribution in [3.8, 4) is 5.75 Å². The van der Waals surface area contributed by atoms with Crippen LogP contribution in [-0.2, 0) is 17.9 Å². The third-order valence-corrected chi connectivity index (χ3v) is 4.96. The number of methoxy groups -OCH3 is 1. The van der Waals surface area contributed by atoms with Crippen molar-refractivity contribution >= 4 is 16.7 Å². The second-order valence-electron chi connectivity index (χ2n) is 6.98. The third kappa shape index (κ3) is 4.87. The Kier molecular flexibility index (Phi) is 6.26. The van der Waals surface area contributed by atoms with Gasteiger partial charge in [0.1, 0.15) is 11.6 Å². The number of benzene rings is 3. The fourth-order valence-corrected chi connectivity index (χ4v) is 3.06. The lowest BCUT2D eigenvalue weighted by molar-refractivity contribution is -0.125. The van der Waals surface area contributed by atoms with Gasteiger partial charge < -0.3 is 10.1 Å². The molecule has 3 aromatic rings. The summed E-state index contributed by atoms with van der Waals surface area (Å²) < 4.78 is 18.2. The van der Waals surface area contributed by atoms with Gasteiger partial charge in [0.2, 0.25) is 5.91 Å². The molecule has 3 rings (SSSR count). The molecule has 5 heteroatoms. The number of ether oxygens (including phenoxy) is 1. The number of amides is 1. The molecule has 0 saturated heterocycles. The molecule has 0 saturated carbocycles. The predicted molar refractivity (Wildman–Crippen MR) is 110 cm³/mol. The van der Waals surface area contributed by atoms with Gasteiger partial charge in [-0.15, -0.1) is 0 Å². The highest BCUT2D eigenvalue weighted by Crippen LogP contribution is 2.22. The van der Waals surface area contributed by atoms with Crippen LogP contribution in [0.3, 0.4) is 0 Å². The van der Waals surface area contributed by atoms with Crippen LogP contribution < -0.4 is 10.1 Å². The summed E-state index contributed by atoms with van der Waals surface area (Å²) in [5.74, 6) is 0.498. The summed E-state index contributed by atoms with van der Waals surface area (Å²) in [5, 5.41) is 5.17. The van der Waals surface area contributed by atoms with E-state index in [1.54, 1.807) is 19.2 Å². The van der Waals surface area contributed by atoms with Crippen LogP contribution in [0.5, 0.6) is 5.75 Å². The molecule has 0 bridgehead atoms. The lowest BCUT2D eigenvalue weighted by Gasteiger charge is -2.24. The molecule has 1 atom stereocenters. The predicted octanol–water partition coefficient (Wildman–Crippen LogP) is 4.12. The average Bonchev–Trinajstić information content (AvgIpc) is 2.72. The molecule has 0 spiro atoms. The number of hydrogen-bond acceptors (Lipinski definition) is 3. The highest BCUT2D eigenvalue weighted by atomic mass is 19.1. The van der Waals surface area contributed by atoms with E-state index in [0.717, 1.165) is 27.6 Å². The Morgan fingerprint density at radius 2 is 1.68 bits per heavy atom. The number of hydrogen-bond donors (Lipinski definition) is 1. The molecule has 1 amide bonds. The second-order valence-corrected chi connectivity index (χ2v) is 6.98. The topological polar surface area (TPSA) is 41.6 Å². The summed E-state index contributed by atoms with van der Waals surface area (Å²) in [6.45, 7) is 2.92. The van der Waals surface area contributed by atoms with Crippen molar-refractivity contribution < 1.29 is 13.9 Å². The van der Waals surface area contributed by atoms with E-state index < -0.39 is 0 Å². The van der Waals surface area contributed by atoms with E-state index in [9.17, 15) is 9.18 Å². The van der Waals surface area contributed by atoms with Crippen molar-refractivity contribution in [1.82, 2.24) is 10.2 Å². The van der Waals surface area contributed by atoms with Gasteiger partial charge in [0.25, 0.3) is 0 Å². The number of carbonyl (C=O) groups excluding carboxylic acids is 1. The molecule has 0 radical (unpaired) electrons. The molecule has 4 nitrogen and oxygen atoms in total. The fraction of sp³-hybridized carbons (Fsp3) is 0.261. The third-order valence-electron chi connectivity index (χ3n) is 4.96. The number of nitrogens with one attached hydrogen (secondary N) is 1. The normalized spacial score (nSPS) is 12.2. The van der Waals surface area contributed by atoms with Crippen molar-refractivity contribution in [1.29, 1.82) is 0 Å². The molecule has 3 aromatic carbocycles. The minimum absolute atomic E-state index is 0.0580. The minimum Gasteiger partial charge on any atom is -0.497 e. The van der Waals surface area contributed by atoms with Crippen LogP contribution in [0.15, 0.2) is 60.7 Å². The zero-order valence-electron chi connectivity index (χ0n) is 16.4. The van der Waals surface area contributed by atoms with Gasteiger partial charge in [0.05, 0.1) is 13.2 Å². The zero-order chi connectivity index (χ0) is 20.1. The number of rotatable bonds is 7. The number of nitrogens with zero attached hydrogens (tertiary/aromatic N) is 1. The van der Waals surface area contributed by atoms with Crippen LogP contribution in [0.2, 0.25) is 0 Å².